The minimum Gasteiger partial charge on any atom is -0.400 e. The lowest BCUT2D eigenvalue weighted by atomic mass is 10.3. The number of nitro groups is 1. The van der Waals surface area contributed by atoms with E-state index in [4.69, 9.17) is 4.42 Å². The topological polar surface area (TPSA) is 110 Å². The van der Waals surface area contributed by atoms with E-state index in [0.717, 1.165) is 6.21 Å². The maximum atomic E-state index is 12.7. The monoisotopic (exact) mass is 306 g/mol. The molecule has 1 aromatic heterocycles. The van der Waals surface area contributed by atoms with E-state index in [0.29, 0.717) is 5.69 Å². The summed E-state index contributed by atoms with van der Waals surface area (Å²) in [5, 5.41) is 16.8. The van der Waals surface area contributed by atoms with Crippen LogP contribution >= 0.6 is 0 Å². The first-order valence-corrected chi connectivity index (χ1v) is 6.10. The number of amides is 1. The molecule has 22 heavy (non-hydrogen) atoms. The summed E-state index contributed by atoms with van der Waals surface area (Å²) >= 11 is 0. The quantitative estimate of drug-likeness (QED) is 0.481. The Kier molecular flexibility index (Phi) is 4.81. The van der Waals surface area contributed by atoms with Crippen LogP contribution in [0.2, 0.25) is 0 Å². The Morgan fingerprint density at radius 3 is 2.68 bits per heavy atom. The maximum Gasteiger partial charge on any atom is 0.433 e. The smallest absolute Gasteiger partial charge is 0.400 e. The molecule has 0 fully saturated rings. The van der Waals surface area contributed by atoms with Crippen molar-refractivity contribution in [3.05, 3.63) is 58.1 Å². The molecule has 9 heteroatoms. The molecule has 0 aliphatic heterocycles. The van der Waals surface area contributed by atoms with Crippen LogP contribution in [0, 0.1) is 15.9 Å². The fraction of sp³-hybridized carbons (Fsp3) is 0.0769. The molecule has 0 aliphatic carbocycles. The maximum absolute atomic E-state index is 12.7. The van der Waals surface area contributed by atoms with Crippen LogP contribution < -0.4 is 10.7 Å². The van der Waals surface area contributed by atoms with Gasteiger partial charge in [0.15, 0.2) is 5.76 Å². The number of furan rings is 1. The lowest BCUT2D eigenvalue weighted by molar-refractivity contribution is -0.402. The van der Waals surface area contributed by atoms with Crippen LogP contribution in [-0.4, -0.2) is 23.6 Å². The molecule has 0 saturated carbocycles. The van der Waals surface area contributed by atoms with Crippen LogP contribution in [0.3, 0.4) is 0 Å². The summed E-state index contributed by atoms with van der Waals surface area (Å²) in [6.45, 7) is -0.0682. The molecule has 114 valence electrons. The van der Waals surface area contributed by atoms with Crippen molar-refractivity contribution in [1.29, 1.82) is 0 Å². The SMILES string of the molecule is O=C(CNc1ccc(F)cc1)N/N=C\c1ccc([N+](=O)[O-])o1. The largest absolute Gasteiger partial charge is 0.433 e. The summed E-state index contributed by atoms with van der Waals surface area (Å²) in [5.74, 6) is -1.09. The Bertz CT molecular complexity index is 696. The number of hydrogen-bond acceptors (Lipinski definition) is 6. The number of hydrogen-bond donors (Lipinski definition) is 2. The lowest BCUT2D eigenvalue weighted by Gasteiger charge is -2.04. The second kappa shape index (κ2) is 6.97. The van der Waals surface area contributed by atoms with Crippen molar-refractivity contribution < 1.29 is 18.5 Å². The van der Waals surface area contributed by atoms with E-state index in [-0.39, 0.29) is 18.1 Å². The molecule has 2 aromatic rings. The number of rotatable bonds is 6. The Labute approximate surface area is 123 Å². The Hall–Kier alpha value is -3.23. The molecule has 1 heterocycles. The molecule has 8 nitrogen and oxygen atoms in total. The first kappa shape index (κ1) is 15.2. The van der Waals surface area contributed by atoms with Crippen molar-refractivity contribution in [3.63, 3.8) is 0 Å². The van der Waals surface area contributed by atoms with Crippen molar-refractivity contribution >= 4 is 23.7 Å². The summed E-state index contributed by atoms with van der Waals surface area (Å²) in [6.07, 6.45) is 1.14. The molecule has 0 spiro atoms. The van der Waals surface area contributed by atoms with Crippen LogP contribution in [-0.2, 0) is 4.79 Å². The molecule has 0 saturated heterocycles. The lowest BCUT2D eigenvalue weighted by Crippen LogP contribution is -2.25. The fourth-order valence-corrected chi connectivity index (χ4v) is 1.47. The van der Waals surface area contributed by atoms with E-state index in [1.54, 1.807) is 0 Å². The summed E-state index contributed by atoms with van der Waals surface area (Å²) in [6, 6.07) is 8.05. The average molecular weight is 306 g/mol. The van der Waals surface area contributed by atoms with Gasteiger partial charge < -0.3 is 9.73 Å². The minimum absolute atomic E-state index is 0.0682. The normalized spacial score (nSPS) is 10.6. The molecule has 1 aromatic carbocycles. The molecule has 0 atom stereocenters. The van der Waals surface area contributed by atoms with Gasteiger partial charge in [0.25, 0.3) is 5.91 Å². The van der Waals surface area contributed by atoms with E-state index in [9.17, 15) is 19.3 Å². The zero-order valence-electron chi connectivity index (χ0n) is 11.2. The van der Waals surface area contributed by atoms with Crippen molar-refractivity contribution in [2.45, 2.75) is 0 Å². The number of halogens is 1. The van der Waals surface area contributed by atoms with E-state index in [1.807, 2.05) is 0 Å². The predicted octanol–water partition coefficient (Wildman–Crippen LogP) is 1.89. The molecule has 1 amide bonds. The molecule has 0 aliphatic rings. The third-order valence-electron chi connectivity index (χ3n) is 2.47. The van der Waals surface area contributed by atoms with Gasteiger partial charge in [-0.2, -0.15) is 5.10 Å². The van der Waals surface area contributed by atoms with Crippen molar-refractivity contribution in [2.75, 3.05) is 11.9 Å². The Balaban J connectivity index is 1.78. The second-order valence-electron chi connectivity index (χ2n) is 4.09. The molecule has 0 bridgehead atoms. The van der Waals surface area contributed by atoms with Gasteiger partial charge in [-0.15, -0.1) is 0 Å². The van der Waals surface area contributed by atoms with Crippen LogP contribution in [0.15, 0.2) is 45.9 Å². The van der Waals surface area contributed by atoms with Crippen molar-refractivity contribution in [1.82, 2.24) is 5.43 Å². The predicted molar refractivity (Wildman–Crippen MR) is 76.0 cm³/mol. The summed E-state index contributed by atoms with van der Waals surface area (Å²) in [4.78, 5) is 21.2. The van der Waals surface area contributed by atoms with E-state index < -0.39 is 16.7 Å². The summed E-state index contributed by atoms with van der Waals surface area (Å²) in [5.41, 5.74) is 2.80. The van der Waals surface area contributed by atoms with Gasteiger partial charge >= 0.3 is 5.88 Å². The van der Waals surface area contributed by atoms with Gasteiger partial charge in [-0.25, -0.2) is 9.82 Å². The van der Waals surface area contributed by atoms with E-state index >= 15 is 0 Å². The van der Waals surface area contributed by atoms with Crippen molar-refractivity contribution in [2.24, 2.45) is 5.10 Å². The van der Waals surface area contributed by atoms with Gasteiger partial charge in [-0.3, -0.25) is 14.9 Å². The van der Waals surface area contributed by atoms with Gasteiger partial charge in [0.2, 0.25) is 0 Å². The Morgan fingerprint density at radius 2 is 2.05 bits per heavy atom. The van der Waals surface area contributed by atoms with Gasteiger partial charge in [0, 0.05) is 5.69 Å². The number of anilines is 1. The third kappa shape index (κ3) is 4.40. The highest BCUT2D eigenvalue weighted by atomic mass is 19.1. The standard InChI is InChI=1S/C13H11FN4O4/c14-9-1-3-10(4-2-9)15-8-12(19)17-16-7-11-5-6-13(22-11)18(20)21/h1-7,15H,8H2,(H,17,19)/b16-7-. The van der Waals surface area contributed by atoms with Crippen LogP contribution in [0.25, 0.3) is 0 Å². The number of nitrogens with one attached hydrogen (secondary N) is 2. The highest BCUT2D eigenvalue weighted by molar-refractivity contribution is 5.83. The van der Waals surface area contributed by atoms with Crippen molar-refractivity contribution in [3.8, 4) is 0 Å². The molecular weight excluding hydrogens is 295 g/mol. The third-order valence-corrected chi connectivity index (χ3v) is 2.47. The average Bonchev–Trinajstić information content (AvgIpc) is 2.96. The molecule has 0 radical (unpaired) electrons. The molecule has 2 rings (SSSR count). The number of carbonyl (C=O) groups excluding carboxylic acids is 1. The first-order chi connectivity index (χ1) is 10.5. The molecule has 2 N–H and O–H groups in total. The van der Waals surface area contributed by atoms with Gasteiger partial charge in [0.1, 0.15) is 10.7 Å². The van der Waals surface area contributed by atoms with Crippen LogP contribution in [0.1, 0.15) is 5.76 Å². The molecular formula is C13H11FN4O4. The summed E-state index contributed by atoms with van der Waals surface area (Å²) in [7, 11) is 0. The van der Waals surface area contributed by atoms with Gasteiger partial charge in [-0.05, 0) is 30.3 Å². The zero-order chi connectivity index (χ0) is 15.9. The highest BCUT2D eigenvalue weighted by Gasteiger charge is 2.10. The number of hydrazone groups is 1. The van der Waals surface area contributed by atoms with E-state index in [2.05, 4.69) is 15.8 Å². The summed E-state index contributed by atoms with van der Waals surface area (Å²) < 4.78 is 17.5. The zero-order valence-corrected chi connectivity index (χ0v) is 11.2. The minimum atomic E-state index is -0.678. The van der Waals surface area contributed by atoms with Crippen LogP contribution in [0.4, 0.5) is 16.0 Å². The number of benzene rings is 1. The van der Waals surface area contributed by atoms with E-state index in [1.165, 1.54) is 36.4 Å². The Morgan fingerprint density at radius 1 is 1.32 bits per heavy atom. The van der Waals surface area contributed by atoms with Crippen LogP contribution in [0.5, 0.6) is 0 Å². The number of nitrogens with zero attached hydrogens (tertiary/aromatic N) is 2. The van der Waals surface area contributed by atoms with Gasteiger partial charge in [0.05, 0.1) is 18.8 Å². The molecule has 0 unspecified atom stereocenters. The fourth-order valence-electron chi connectivity index (χ4n) is 1.47. The number of carbonyl (C=O) groups is 1. The van der Waals surface area contributed by atoms with Gasteiger partial charge in [-0.1, -0.05) is 0 Å². The first-order valence-electron chi connectivity index (χ1n) is 6.10. The highest BCUT2D eigenvalue weighted by Crippen LogP contribution is 2.13. The second-order valence-corrected chi connectivity index (χ2v) is 4.09.